The fourth-order valence-corrected chi connectivity index (χ4v) is 3.41. The Hall–Kier alpha value is -4.20. The van der Waals surface area contributed by atoms with Crippen molar-refractivity contribution in [2.45, 2.75) is 26.2 Å². The van der Waals surface area contributed by atoms with E-state index in [4.69, 9.17) is 0 Å². The first kappa shape index (κ1) is 21.0. The molecule has 0 fully saturated rings. The van der Waals surface area contributed by atoms with Gasteiger partial charge in [0.25, 0.3) is 11.1 Å². The van der Waals surface area contributed by atoms with Crippen molar-refractivity contribution in [2.75, 3.05) is 0 Å². The molecule has 0 saturated heterocycles. The quantitative estimate of drug-likeness (QED) is 0.365. The van der Waals surface area contributed by atoms with Crippen LogP contribution in [0, 0.1) is 0 Å². The molecular formula is C24H23N5O3. The summed E-state index contributed by atoms with van der Waals surface area (Å²) >= 11 is 0. The van der Waals surface area contributed by atoms with E-state index in [9.17, 15) is 14.4 Å². The van der Waals surface area contributed by atoms with Crippen LogP contribution < -0.4 is 21.8 Å². The molecule has 0 aliphatic rings. The first-order chi connectivity index (χ1) is 15.2. The van der Waals surface area contributed by atoms with E-state index in [2.05, 4.69) is 24.9 Å². The van der Waals surface area contributed by atoms with Crippen LogP contribution in [-0.2, 0) is 5.41 Å². The number of hydrogen-bond acceptors (Lipinski definition) is 4. The van der Waals surface area contributed by atoms with E-state index >= 15 is 0 Å². The third-order valence-corrected chi connectivity index (χ3v) is 4.99. The molecular weight excluding hydrogens is 406 g/mol. The van der Waals surface area contributed by atoms with Crippen molar-refractivity contribution >= 4 is 17.9 Å². The third-order valence-electron chi connectivity index (χ3n) is 4.99. The molecule has 32 heavy (non-hydrogen) atoms. The van der Waals surface area contributed by atoms with Crippen molar-refractivity contribution < 1.29 is 4.79 Å². The molecule has 0 aliphatic carbocycles. The average molecular weight is 429 g/mol. The normalized spacial score (nSPS) is 13.0. The number of H-pyrrole nitrogens is 4. The Morgan fingerprint density at radius 1 is 0.938 bits per heavy atom. The monoisotopic (exact) mass is 429 g/mol. The summed E-state index contributed by atoms with van der Waals surface area (Å²) < 4.78 is 0. The van der Waals surface area contributed by atoms with Gasteiger partial charge < -0.3 is 19.9 Å². The van der Waals surface area contributed by atoms with Crippen molar-refractivity contribution in [3.8, 4) is 0 Å². The molecule has 4 N–H and O–H groups in total. The van der Waals surface area contributed by atoms with Crippen LogP contribution >= 0.6 is 0 Å². The van der Waals surface area contributed by atoms with Crippen LogP contribution in [0.3, 0.4) is 0 Å². The molecule has 0 amide bonds. The zero-order valence-corrected chi connectivity index (χ0v) is 17.9. The van der Waals surface area contributed by atoms with Gasteiger partial charge in [0.2, 0.25) is 5.78 Å². The molecule has 3 heterocycles. The van der Waals surface area contributed by atoms with Gasteiger partial charge >= 0.3 is 0 Å². The summed E-state index contributed by atoms with van der Waals surface area (Å²) in [6, 6.07) is 10.3. The summed E-state index contributed by atoms with van der Waals surface area (Å²) in [5, 5.41) is 0.204. The number of nitrogens with zero attached hydrogens (tertiary/aromatic N) is 1. The predicted octanol–water partition coefficient (Wildman–Crippen LogP) is 1.30. The largest absolute Gasteiger partial charge is 0.359 e. The molecule has 0 spiro atoms. The SMILES string of the molecule is CC(C)(C)c1[nH]cnc1/C=c1\[nH]c(=O)/c(=C/c2cccc(C(=O)c3ccc[nH]3)c2)[nH]c1=O. The third kappa shape index (κ3) is 4.29. The van der Waals surface area contributed by atoms with Gasteiger partial charge in [-0.1, -0.05) is 39.0 Å². The minimum Gasteiger partial charge on any atom is -0.359 e. The van der Waals surface area contributed by atoms with Crippen molar-refractivity contribution in [3.05, 3.63) is 109 Å². The smallest absolute Gasteiger partial charge is 0.272 e. The van der Waals surface area contributed by atoms with Gasteiger partial charge in [-0.15, -0.1) is 0 Å². The van der Waals surface area contributed by atoms with E-state index in [1.54, 1.807) is 55.0 Å². The summed E-state index contributed by atoms with van der Waals surface area (Å²) in [5.41, 5.74) is 1.90. The first-order valence-electron chi connectivity index (χ1n) is 10.1. The zero-order chi connectivity index (χ0) is 22.9. The summed E-state index contributed by atoms with van der Waals surface area (Å²) in [6.07, 6.45) is 6.32. The molecule has 4 aromatic rings. The number of carbonyl (C=O) groups is 1. The number of ketones is 1. The fourth-order valence-electron chi connectivity index (χ4n) is 3.41. The molecule has 8 nitrogen and oxygen atoms in total. The highest BCUT2D eigenvalue weighted by Gasteiger charge is 2.19. The number of carbonyl (C=O) groups excluding carboxylic acids is 1. The summed E-state index contributed by atoms with van der Waals surface area (Å²) in [4.78, 5) is 53.3. The number of benzene rings is 1. The second-order valence-corrected chi connectivity index (χ2v) is 8.48. The van der Waals surface area contributed by atoms with E-state index < -0.39 is 11.1 Å². The number of aromatic amines is 4. The van der Waals surface area contributed by atoms with Gasteiger partial charge in [0, 0.05) is 22.9 Å². The van der Waals surface area contributed by atoms with Crippen molar-refractivity contribution in [3.63, 3.8) is 0 Å². The highest BCUT2D eigenvalue weighted by molar-refractivity contribution is 6.08. The Kier molecular flexibility index (Phi) is 5.36. The maximum Gasteiger partial charge on any atom is 0.272 e. The minimum absolute atomic E-state index is 0.0923. The molecule has 162 valence electrons. The Balaban J connectivity index is 1.75. The Morgan fingerprint density at radius 2 is 1.66 bits per heavy atom. The maximum absolute atomic E-state index is 12.6. The van der Waals surface area contributed by atoms with Crippen molar-refractivity contribution in [2.24, 2.45) is 0 Å². The van der Waals surface area contributed by atoms with Gasteiger partial charge in [0.15, 0.2) is 0 Å². The first-order valence-corrected chi connectivity index (χ1v) is 10.1. The van der Waals surface area contributed by atoms with Crippen LogP contribution in [-0.4, -0.2) is 30.7 Å². The molecule has 0 bridgehead atoms. The van der Waals surface area contributed by atoms with E-state index in [1.165, 1.54) is 6.08 Å². The molecule has 0 saturated carbocycles. The van der Waals surface area contributed by atoms with E-state index in [1.807, 2.05) is 20.8 Å². The Bertz CT molecular complexity index is 1510. The van der Waals surface area contributed by atoms with Gasteiger partial charge in [0.1, 0.15) is 10.7 Å². The van der Waals surface area contributed by atoms with Crippen molar-refractivity contribution in [1.29, 1.82) is 0 Å². The summed E-state index contributed by atoms with van der Waals surface area (Å²) in [5.74, 6) is -0.161. The van der Waals surface area contributed by atoms with Gasteiger partial charge in [0.05, 0.1) is 17.7 Å². The topological polar surface area (TPSA) is 127 Å². The van der Waals surface area contributed by atoms with E-state index in [0.29, 0.717) is 22.5 Å². The lowest BCUT2D eigenvalue weighted by Crippen LogP contribution is -2.46. The van der Waals surface area contributed by atoms with Crippen LogP contribution in [0.1, 0.15) is 53.8 Å². The molecule has 1 aromatic carbocycles. The number of rotatable bonds is 4. The van der Waals surface area contributed by atoms with Crippen LogP contribution in [0.4, 0.5) is 0 Å². The molecule has 0 atom stereocenters. The zero-order valence-electron chi connectivity index (χ0n) is 17.9. The lowest BCUT2D eigenvalue weighted by atomic mass is 9.90. The van der Waals surface area contributed by atoms with Crippen molar-refractivity contribution in [1.82, 2.24) is 24.9 Å². The second-order valence-electron chi connectivity index (χ2n) is 8.48. The van der Waals surface area contributed by atoms with E-state index in [-0.39, 0.29) is 21.9 Å². The Labute approximate surface area is 182 Å². The van der Waals surface area contributed by atoms with Gasteiger partial charge in [-0.3, -0.25) is 14.4 Å². The van der Waals surface area contributed by atoms with Crippen LogP contribution in [0.2, 0.25) is 0 Å². The van der Waals surface area contributed by atoms with Crippen LogP contribution in [0.15, 0.2) is 58.5 Å². The highest BCUT2D eigenvalue weighted by atomic mass is 16.1. The number of nitrogens with one attached hydrogen (secondary N) is 4. The number of hydrogen-bond donors (Lipinski definition) is 4. The lowest BCUT2D eigenvalue weighted by molar-refractivity contribution is 0.103. The van der Waals surface area contributed by atoms with Gasteiger partial charge in [-0.05, 0) is 35.9 Å². The van der Waals surface area contributed by atoms with Gasteiger partial charge in [-0.25, -0.2) is 4.98 Å². The minimum atomic E-state index is -0.454. The molecule has 0 unspecified atom stereocenters. The molecule has 4 rings (SSSR count). The summed E-state index contributed by atoms with van der Waals surface area (Å²) in [6.45, 7) is 6.08. The maximum atomic E-state index is 12.6. The van der Waals surface area contributed by atoms with Gasteiger partial charge in [-0.2, -0.15) is 0 Å². The van der Waals surface area contributed by atoms with E-state index in [0.717, 1.165) is 5.69 Å². The second kappa shape index (κ2) is 8.14. The standard InChI is InChI=1S/C24H23N5O3/c1-24(2,3)21-17(26-13-27-21)12-19-23(32)28-18(22(31)29-19)11-14-6-4-7-15(10-14)20(30)16-8-5-9-25-16/h4-13,25H,1-3H3,(H,26,27)(H,28,32)(H,29,31)/b18-11-,19-12-. The molecule has 0 aliphatic heterocycles. The molecule has 8 heteroatoms. The number of imidazole rings is 1. The van der Waals surface area contributed by atoms with Crippen LogP contribution in [0.25, 0.3) is 12.2 Å². The molecule has 3 aromatic heterocycles. The van der Waals surface area contributed by atoms with Crippen LogP contribution in [0.5, 0.6) is 0 Å². The predicted molar refractivity (Wildman–Crippen MR) is 122 cm³/mol. The number of aromatic nitrogens is 5. The highest BCUT2D eigenvalue weighted by Crippen LogP contribution is 2.22. The summed E-state index contributed by atoms with van der Waals surface area (Å²) in [7, 11) is 0. The average Bonchev–Trinajstić information content (AvgIpc) is 3.43. The lowest BCUT2D eigenvalue weighted by Gasteiger charge is -2.16. The molecule has 0 radical (unpaired) electrons. The Morgan fingerprint density at radius 3 is 2.31 bits per heavy atom. The fraction of sp³-hybridized carbons (Fsp3) is 0.167.